The summed E-state index contributed by atoms with van der Waals surface area (Å²) < 4.78 is 0. The van der Waals surface area contributed by atoms with Gasteiger partial charge >= 0.3 is 0 Å². The van der Waals surface area contributed by atoms with E-state index < -0.39 is 0 Å². The van der Waals surface area contributed by atoms with Crippen LogP contribution in [0.25, 0.3) is 0 Å². The third-order valence-corrected chi connectivity index (χ3v) is 3.86. The van der Waals surface area contributed by atoms with Gasteiger partial charge in [0, 0.05) is 25.0 Å². The Kier molecular flexibility index (Phi) is 4.80. The van der Waals surface area contributed by atoms with Gasteiger partial charge in [-0.25, -0.2) is 0 Å². The van der Waals surface area contributed by atoms with Gasteiger partial charge in [-0.2, -0.15) is 0 Å². The lowest BCUT2D eigenvalue weighted by Crippen LogP contribution is -2.52. The van der Waals surface area contributed by atoms with Crippen molar-refractivity contribution < 1.29 is 4.79 Å². The van der Waals surface area contributed by atoms with E-state index in [1.54, 1.807) is 0 Å². The standard InChI is InChI=1S/C13H25N3O/c1-2-7-16-8-5-11(6-9-16)15-12-3-4-13(17)14-10-12/h11-12,15H,2-10H2,1H3,(H,14,17). The molecule has 17 heavy (non-hydrogen) atoms. The molecule has 0 aromatic carbocycles. The predicted octanol–water partition coefficient (Wildman–Crippen LogP) is 0.729. The first-order valence-electron chi connectivity index (χ1n) is 7.03. The van der Waals surface area contributed by atoms with Crippen LogP contribution in [-0.2, 0) is 4.79 Å². The summed E-state index contributed by atoms with van der Waals surface area (Å²) in [6.07, 6.45) is 5.45. The lowest BCUT2D eigenvalue weighted by Gasteiger charge is -2.35. The maximum absolute atomic E-state index is 11.1. The first-order valence-corrected chi connectivity index (χ1v) is 7.03. The van der Waals surface area contributed by atoms with Crippen molar-refractivity contribution in [2.75, 3.05) is 26.2 Å². The molecule has 2 N–H and O–H groups in total. The molecule has 0 aliphatic carbocycles. The minimum Gasteiger partial charge on any atom is -0.355 e. The van der Waals surface area contributed by atoms with Crippen molar-refractivity contribution in [3.05, 3.63) is 0 Å². The number of carbonyl (C=O) groups is 1. The van der Waals surface area contributed by atoms with E-state index in [9.17, 15) is 4.79 Å². The molecule has 2 aliphatic heterocycles. The largest absolute Gasteiger partial charge is 0.355 e. The van der Waals surface area contributed by atoms with Crippen molar-refractivity contribution >= 4 is 5.91 Å². The quantitative estimate of drug-likeness (QED) is 0.760. The molecule has 4 nitrogen and oxygen atoms in total. The molecule has 2 fully saturated rings. The zero-order valence-electron chi connectivity index (χ0n) is 10.9. The monoisotopic (exact) mass is 239 g/mol. The van der Waals surface area contributed by atoms with Crippen LogP contribution in [0.15, 0.2) is 0 Å². The normalized spacial score (nSPS) is 28.1. The summed E-state index contributed by atoms with van der Waals surface area (Å²) in [6, 6.07) is 1.15. The first kappa shape index (κ1) is 12.8. The van der Waals surface area contributed by atoms with E-state index in [2.05, 4.69) is 22.5 Å². The van der Waals surface area contributed by atoms with Crippen LogP contribution < -0.4 is 10.6 Å². The number of hydrogen-bond donors (Lipinski definition) is 2. The van der Waals surface area contributed by atoms with Gasteiger partial charge in [0.1, 0.15) is 0 Å². The molecule has 1 atom stereocenters. The van der Waals surface area contributed by atoms with E-state index in [-0.39, 0.29) is 5.91 Å². The number of piperidine rings is 2. The topological polar surface area (TPSA) is 44.4 Å². The van der Waals surface area contributed by atoms with Crippen LogP contribution in [0.4, 0.5) is 0 Å². The third-order valence-electron chi connectivity index (χ3n) is 3.86. The highest BCUT2D eigenvalue weighted by molar-refractivity contribution is 5.76. The minimum atomic E-state index is 0.209. The highest BCUT2D eigenvalue weighted by atomic mass is 16.1. The van der Waals surface area contributed by atoms with Gasteiger partial charge in [-0.1, -0.05) is 6.92 Å². The summed E-state index contributed by atoms with van der Waals surface area (Å²) in [7, 11) is 0. The van der Waals surface area contributed by atoms with Crippen molar-refractivity contribution in [1.29, 1.82) is 0 Å². The van der Waals surface area contributed by atoms with Crippen molar-refractivity contribution in [2.45, 2.75) is 51.1 Å². The average molecular weight is 239 g/mol. The van der Waals surface area contributed by atoms with Gasteiger partial charge in [0.2, 0.25) is 5.91 Å². The highest BCUT2D eigenvalue weighted by Crippen LogP contribution is 2.13. The molecule has 1 amide bonds. The van der Waals surface area contributed by atoms with E-state index in [4.69, 9.17) is 0 Å². The Bertz CT molecular complexity index is 239. The van der Waals surface area contributed by atoms with Crippen LogP contribution in [0.3, 0.4) is 0 Å². The zero-order chi connectivity index (χ0) is 12.1. The molecule has 2 rings (SSSR count). The molecular weight excluding hydrogens is 214 g/mol. The Morgan fingerprint density at radius 2 is 2.06 bits per heavy atom. The molecule has 2 saturated heterocycles. The fraction of sp³-hybridized carbons (Fsp3) is 0.923. The molecule has 0 aromatic heterocycles. The third kappa shape index (κ3) is 3.96. The Balaban J connectivity index is 1.66. The second-order valence-corrected chi connectivity index (χ2v) is 5.32. The van der Waals surface area contributed by atoms with Crippen LogP contribution in [-0.4, -0.2) is 49.1 Å². The van der Waals surface area contributed by atoms with Crippen molar-refractivity contribution in [3.63, 3.8) is 0 Å². The lowest BCUT2D eigenvalue weighted by molar-refractivity contribution is -0.122. The first-order chi connectivity index (χ1) is 8.28. The van der Waals surface area contributed by atoms with Gasteiger partial charge in [0.25, 0.3) is 0 Å². The summed E-state index contributed by atoms with van der Waals surface area (Å²) in [6.45, 7) is 6.75. The fourth-order valence-electron chi connectivity index (χ4n) is 2.85. The molecule has 0 bridgehead atoms. The Labute approximate surface area is 104 Å². The van der Waals surface area contributed by atoms with Gasteiger partial charge < -0.3 is 15.5 Å². The summed E-state index contributed by atoms with van der Waals surface area (Å²) in [5.41, 5.74) is 0. The van der Waals surface area contributed by atoms with Gasteiger partial charge in [-0.3, -0.25) is 4.79 Å². The van der Waals surface area contributed by atoms with E-state index in [1.165, 1.54) is 38.9 Å². The number of carbonyl (C=O) groups excluding carboxylic acids is 1. The number of rotatable bonds is 4. The van der Waals surface area contributed by atoms with Crippen LogP contribution in [0, 0.1) is 0 Å². The number of nitrogens with zero attached hydrogens (tertiary/aromatic N) is 1. The molecule has 0 radical (unpaired) electrons. The average Bonchev–Trinajstić information content (AvgIpc) is 2.35. The van der Waals surface area contributed by atoms with Crippen LogP contribution >= 0.6 is 0 Å². The van der Waals surface area contributed by atoms with Gasteiger partial charge in [-0.15, -0.1) is 0 Å². The number of hydrogen-bond acceptors (Lipinski definition) is 3. The maximum atomic E-state index is 11.1. The van der Waals surface area contributed by atoms with Crippen LogP contribution in [0.1, 0.15) is 39.0 Å². The van der Waals surface area contributed by atoms with Gasteiger partial charge in [0.05, 0.1) is 0 Å². The number of likely N-dealkylation sites (tertiary alicyclic amines) is 1. The maximum Gasteiger partial charge on any atom is 0.220 e. The fourth-order valence-corrected chi connectivity index (χ4v) is 2.85. The Morgan fingerprint density at radius 1 is 1.29 bits per heavy atom. The molecule has 1 unspecified atom stereocenters. The summed E-state index contributed by atoms with van der Waals surface area (Å²) in [4.78, 5) is 13.6. The van der Waals surface area contributed by atoms with Crippen LogP contribution in [0.2, 0.25) is 0 Å². The van der Waals surface area contributed by atoms with E-state index >= 15 is 0 Å². The highest BCUT2D eigenvalue weighted by Gasteiger charge is 2.23. The molecule has 4 heteroatoms. The summed E-state index contributed by atoms with van der Waals surface area (Å²) in [5.74, 6) is 0.209. The number of nitrogens with one attached hydrogen (secondary N) is 2. The summed E-state index contributed by atoms with van der Waals surface area (Å²) in [5, 5.41) is 6.64. The molecule has 0 aromatic rings. The predicted molar refractivity (Wildman–Crippen MR) is 68.9 cm³/mol. The molecule has 2 heterocycles. The zero-order valence-corrected chi connectivity index (χ0v) is 10.9. The molecule has 0 saturated carbocycles. The van der Waals surface area contributed by atoms with Gasteiger partial charge in [0.15, 0.2) is 0 Å². The second-order valence-electron chi connectivity index (χ2n) is 5.32. The Morgan fingerprint density at radius 3 is 2.65 bits per heavy atom. The van der Waals surface area contributed by atoms with Crippen molar-refractivity contribution in [2.24, 2.45) is 0 Å². The minimum absolute atomic E-state index is 0.209. The van der Waals surface area contributed by atoms with Crippen molar-refractivity contribution in [3.8, 4) is 0 Å². The molecule has 2 aliphatic rings. The SMILES string of the molecule is CCCN1CCC(NC2CCC(=O)NC2)CC1. The summed E-state index contributed by atoms with van der Waals surface area (Å²) >= 11 is 0. The molecule has 98 valence electrons. The van der Waals surface area contributed by atoms with Crippen molar-refractivity contribution in [1.82, 2.24) is 15.5 Å². The van der Waals surface area contributed by atoms with Gasteiger partial charge in [-0.05, 0) is 45.3 Å². The molecule has 0 spiro atoms. The van der Waals surface area contributed by atoms with E-state index in [0.717, 1.165) is 13.0 Å². The second kappa shape index (κ2) is 6.36. The van der Waals surface area contributed by atoms with Crippen LogP contribution in [0.5, 0.6) is 0 Å². The Hall–Kier alpha value is -0.610. The molecular formula is C13H25N3O. The van der Waals surface area contributed by atoms with E-state index in [1.807, 2.05) is 0 Å². The number of amides is 1. The smallest absolute Gasteiger partial charge is 0.220 e. The lowest BCUT2D eigenvalue weighted by atomic mass is 10.0. The van der Waals surface area contributed by atoms with E-state index in [0.29, 0.717) is 18.5 Å².